The highest BCUT2D eigenvalue weighted by Crippen LogP contribution is 2.19. The molecule has 1 atom stereocenters. The Balaban J connectivity index is 1.61. The highest BCUT2D eigenvalue weighted by Gasteiger charge is 2.25. The zero-order chi connectivity index (χ0) is 17.6. The molecule has 1 aromatic heterocycles. The first-order chi connectivity index (χ1) is 12.1. The number of carbonyl (C=O) groups is 1. The Bertz CT molecular complexity index is 721. The third kappa shape index (κ3) is 4.70. The van der Waals surface area contributed by atoms with Gasteiger partial charge in [-0.05, 0) is 43.5 Å². The van der Waals surface area contributed by atoms with Crippen LogP contribution in [0.1, 0.15) is 24.1 Å². The zero-order valence-corrected chi connectivity index (χ0v) is 14.4. The van der Waals surface area contributed by atoms with Crippen molar-refractivity contribution in [2.24, 2.45) is 5.73 Å². The number of ether oxygens (including phenoxy) is 1. The number of urea groups is 1. The molecule has 6 heteroatoms. The summed E-state index contributed by atoms with van der Waals surface area (Å²) < 4.78 is 6.02. The van der Waals surface area contributed by atoms with Gasteiger partial charge in [-0.3, -0.25) is 0 Å². The van der Waals surface area contributed by atoms with Crippen molar-refractivity contribution in [1.82, 2.24) is 9.88 Å². The van der Waals surface area contributed by atoms with E-state index in [0.29, 0.717) is 19.0 Å². The normalized spacial score (nSPS) is 17.2. The molecule has 1 fully saturated rings. The van der Waals surface area contributed by atoms with Gasteiger partial charge in [0.15, 0.2) is 0 Å². The van der Waals surface area contributed by atoms with Crippen LogP contribution in [0.15, 0.2) is 42.5 Å². The van der Waals surface area contributed by atoms with Gasteiger partial charge in [0.25, 0.3) is 0 Å². The number of hydrogen-bond donors (Lipinski definition) is 2. The molecule has 0 radical (unpaired) electrons. The van der Waals surface area contributed by atoms with Crippen LogP contribution in [0.5, 0.6) is 5.88 Å². The topological polar surface area (TPSA) is 80.5 Å². The van der Waals surface area contributed by atoms with Gasteiger partial charge in [-0.25, -0.2) is 9.78 Å². The number of hydrogen-bond acceptors (Lipinski definition) is 4. The molecule has 2 aromatic rings. The Morgan fingerprint density at radius 3 is 2.92 bits per heavy atom. The number of para-hydroxylation sites is 1. The van der Waals surface area contributed by atoms with Crippen LogP contribution in [0.2, 0.25) is 0 Å². The van der Waals surface area contributed by atoms with Crippen LogP contribution in [0.3, 0.4) is 0 Å². The molecule has 0 bridgehead atoms. The molecule has 2 amide bonds. The summed E-state index contributed by atoms with van der Waals surface area (Å²) >= 11 is 0. The first-order valence-corrected chi connectivity index (χ1v) is 8.59. The Morgan fingerprint density at radius 1 is 1.36 bits per heavy atom. The number of carbonyl (C=O) groups excluding carboxylic acids is 1. The number of aryl methyl sites for hydroxylation is 1. The Hall–Kier alpha value is -2.60. The summed E-state index contributed by atoms with van der Waals surface area (Å²) in [4.78, 5) is 18.7. The second-order valence-electron chi connectivity index (χ2n) is 6.28. The number of amides is 2. The molecule has 1 aromatic carbocycles. The summed E-state index contributed by atoms with van der Waals surface area (Å²) in [7, 11) is 0. The summed E-state index contributed by atoms with van der Waals surface area (Å²) in [5.74, 6) is 0.579. The van der Waals surface area contributed by atoms with E-state index in [2.05, 4.69) is 10.3 Å². The predicted octanol–water partition coefficient (Wildman–Crippen LogP) is 2.92. The Morgan fingerprint density at radius 2 is 2.16 bits per heavy atom. The largest absolute Gasteiger partial charge is 0.472 e. The van der Waals surface area contributed by atoms with Gasteiger partial charge in [-0.2, -0.15) is 0 Å². The summed E-state index contributed by atoms with van der Waals surface area (Å²) in [5.41, 5.74) is 8.39. The van der Waals surface area contributed by atoms with Crippen molar-refractivity contribution in [2.45, 2.75) is 32.4 Å². The van der Waals surface area contributed by atoms with Gasteiger partial charge in [0.05, 0.1) is 6.54 Å². The quantitative estimate of drug-likeness (QED) is 0.897. The number of benzene rings is 1. The van der Waals surface area contributed by atoms with E-state index in [1.54, 1.807) is 4.90 Å². The molecular formula is C19H24N4O2. The van der Waals surface area contributed by atoms with Crippen molar-refractivity contribution >= 4 is 11.7 Å². The lowest BCUT2D eigenvalue weighted by Crippen LogP contribution is -2.46. The zero-order valence-electron chi connectivity index (χ0n) is 14.4. The van der Waals surface area contributed by atoms with E-state index in [0.717, 1.165) is 36.3 Å². The molecule has 6 nitrogen and oxygen atoms in total. The predicted molar refractivity (Wildman–Crippen MR) is 97.5 cm³/mol. The fourth-order valence-corrected chi connectivity index (χ4v) is 3.00. The second-order valence-corrected chi connectivity index (χ2v) is 6.28. The minimum absolute atomic E-state index is 0.0600. The minimum Gasteiger partial charge on any atom is -0.472 e. The van der Waals surface area contributed by atoms with E-state index in [1.807, 2.05) is 49.4 Å². The lowest BCUT2D eigenvalue weighted by molar-refractivity contribution is 0.102. The van der Waals surface area contributed by atoms with E-state index in [4.69, 9.17) is 10.5 Å². The lowest BCUT2D eigenvalue weighted by atomic mass is 10.1. The molecule has 0 spiro atoms. The third-order valence-electron chi connectivity index (χ3n) is 4.20. The highest BCUT2D eigenvalue weighted by molar-refractivity contribution is 5.89. The Labute approximate surface area is 148 Å². The number of likely N-dealkylation sites (tertiary alicyclic amines) is 1. The van der Waals surface area contributed by atoms with Gasteiger partial charge in [-0.15, -0.1) is 0 Å². The summed E-state index contributed by atoms with van der Waals surface area (Å²) in [6.45, 7) is 3.66. The number of nitrogens with one attached hydrogen (secondary N) is 1. The maximum absolute atomic E-state index is 12.4. The van der Waals surface area contributed by atoms with E-state index < -0.39 is 0 Å². The minimum atomic E-state index is -0.0978. The van der Waals surface area contributed by atoms with Gasteiger partial charge >= 0.3 is 6.03 Å². The first-order valence-electron chi connectivity index (χ1n) is 8.59. The van der Waals surface area contributed by atoms with Crippen LogP contribution >= 0.6 is 0 Å². The van der Waals surface area contributed by atoms with E-state index in [9.17, 15) is 4.79 Å². The second kappa shape index (κ2) is 7.98. The van der Waals surface area contributed by atoms with Crippen LogP contribution in [0.25, 0.3) is 0 Å². The summed E-state index contributed by atoms with van der Waals surface area (Å²) in [6.07, 6.45) is 1.75. The lowest BCUT2D eigenvalue weighted by Gasteiger charge is -2.32. The van der Waals surface area contributed by atoms with E-state index >= 15 is 0 Å². The van der Waals surface area contributed by atoms with Crippen molar-refractivity contribution in [3.05, 3.63) is 53.7 Å². The molecule has 0 aliphatic carbocycles. The van der Waals surface area contributed by atoms with Crippen LogP contribution in [-0.2, 0) is 6.54 Å². The number of piperidine rings is 1. The Kier molecular flexibility index (Phi) is 5.50. The van der Waals surface area contributed by atoms with Crippen LogP contribution in [0, 0.1) is 6.92 Å². The number of pyridine rings is 1. The number of anilines is 1. The summed E-state index contributed by atoms with van der Waals surface area (Å²) in [6, 6.07) is 13.2. The molecule has 1 aliphatic rings. The number of nitrogens with zero attached hydrogens (tertiary/aromatic N) is 2. The van der Waals surface area contributed by atoms with E-state index in [1.165, 1.54) is 0 Å². The van der Waals surface area contributed by atoms with Crippen LogP contribution in [-0.4, -0.2) is 35.1 Å². The average molecular weight is 340 g/mol. The number of nitrogens with two attached hydrogens (primary N) is 1. The maximum atomic E-state index is 12.4. The molecular weight excluding hydrogens is 316 g/mol. The van der Waals surface area contributed by atoms with Crippen molar-refractivity contribution in [1.29, 1.82) is 0 Å². The fraction of sp³-hybridized carbons (Fsp3) is 0.368. The van der Waals surface area contributed by atoms with E-state index in [-0.39, 0.29) is 12.1 Å². The van der Waals surface area contributed by atoms with Gasteiger partial charge in [0.1, 0.15) is 6.10 Å². The molecule has 3 N–H and O–H groups in total. The van der Waals surface area contributed by atoms with Crippen LogP contribution in [0.4, 0.5) is 10.5 Å². The molecule has 25 heavy (non-hydrogen) atoms. The van der Waals surface area contributed by atoms with Gasteiger partial charge in [0, 0.05) is 30.5 Å². The van der Waals surface area contributed by atoms with Gasteiger partial charge < -0.3 is 20.7 Å². The van der Waals surface area contributed by atoms with Crippen molar-refractivity contribution in [3.63, 3.8) is 0 Å². The van der Waals surface area contributed by atoms with Gasteiger partial charge in [0.2, 0.25) is 5.88 Å². The van der Waals surface area contributed by atoms with Crippen molar-refractivity contribution in [3.8, 4) is 5.88 Å². The monoisotopic (exact) mass is 340 g/mol. The fourth-order valence-electron chi connectivity index (χ4n) is 3.00. The molecule has 1 saturated heterocycles. The standard InChI is InChI=1S/C19H24N4O2/c1-14-10-15(12-20)11-18(21-14)25-17-8-5-9-23(13-17)19(24)22-16-6-3-2-4-7-16/h2-4,6-7,10-11,17H,5,8-9,12-13,20H2,1H3,(H,22,24)/t17-/m0/s1. The van der Waals surface area contributed by atoms with Crippen LogP contribution < -0.4 is 15.8 Å². The third-order valence-corrected chi connectivity index (χ3v) is 4.20. The maximum Gasteiger partial charge on any atom is 0.321 e. The van der Waals surface area contributed by atoms with Crippen molar-refractivity contribution < 1.29 is 9.53 Å². The average Bonchev–Trinajstić information content (AvgIpc) is 2.62. The molecule has 132 valence electrons. The first kappa shape index (κ1) is 17.2. The number of aromatic nitrogens is 1. The molecule has 0 unspecified atom stereocenters. The summed E-state index contributed by atoms with van der Waals surface area (Å²) in [5, 5.41) is 2.92. The molecule has 0 saturated carbocycles. The SMILES string of the molecule is Cc1cc(CN)cc(O[C@H]2CCCN(C(=O)Nc3ccccc3)C2)n1. The smallest absolute Gasteiger partial charge is 0.321 e. The number of rotatable bonds is 4. The molecule has 3 rings (SSSR count). The van der Waals surface area contributed by atoms with Crippen molar-refractivity contribution in [2.75, 3.05) is 18.4 Å². The molecule has 2 heterocycles. The molecule has 1 aliphatic heterocycles. The van der Waals surface area contributed by atoms with Gasteiger partial charge in [-0.1, -0.05) is 18.2 Å². The highest BCUT2D eigenvalue weighted by atomic mass is 16.5.